The zero-order valence-corrected chi connectivity index (χ0v) is 15.0. The Morgan fingerprint density at radius 2 is 1.92 bits per heavy atom. The van der Waals surface area contributed by atoms with Gasteiger partial charge in [-0.2, -0.15) is 15.4 Å². The van der Waals surface area contributed by atoms with Gasteiger partial charge in [-0.15, -0.1) is 0 Å². The Morgan fingerprint density at radius 1 is 1.21 bits per heavy atom. The molecule has 5 nitrogen and oxygen atoms in total. The molecule has 1 aliphatic rings. The second-order valence-corrected chi connectivity index (χ2v) is 6.35. The number of rotatable bonds is 5. The Labute approximate surface area is 147 Å². The van der Waals surface area contributed by atoms with E-state index < -0.39 is 0 Å². The number of hydrogen-bond donors (Lipinski definition) is 1. The van der Waals surface area contributed by atoms with E-state index in [1.807, 2.05) is 39.0 Å². The number of amidine groups is 1. The number of halogens is 1. The largest absolute Gasteiger partial charge is 0.369 e. The van der Waals surface area contributed by atoms with Gasteiger partial charge in [-0.1, -0.05) is 41.9 Å². The average Bonchev–Trinajstić information content (AvgIpc) is 2.85. The van der Waals surface area contributed by atoms with Gasteiger partial charge in [0.2, 0.25) is 0 Å². The van der Waals surface area contributed by atoms with Crippen LogP contribution in [0.15, 0.2) is 35.3 Å². The lowest BCUT2D eigenvalue weighted by Gasteiger charge is -2.30. The van der Waals surface area contributed by atoms with Crippen molar-refractivity contribution in [3.8, 4) is 0 Å². The molecule has 0 saturated heterocycles. The second kappa shape index (κ2) is 6.61. The minimum absolute atomic E-state index is 0.0776. The number of pyridine rings is 1. The maximum atomic E-state index is 6.87. The van der Waals surface area contributed by atoms with Gasteiger partial charge >= 0.3 is 0 Å². The number of benzene rings is 1. The maximum absolute atomic E-state index is 6.87. The van der Waals surface area contributed by atoms with Gasteiger partial charge in [0.15, 0.2) is 16.5 Å². The molecular formula is C18H22ClN4O+. The second-order valence-electron chi connectivity index (χ2n) is 5.99. The molecule has 1 atom stereocenters. The summed E-state index contributed by atoms with van der Waals surface area (Å²) in [7, 11) is 0. The number of ether oxygens (including phenoxy) is 1. The molecule has 2 N–H and O–H groups in total. The van der Waals surface area contributed by atoms with E-state index in [1.54, 1.807) is 0 Å². The Hall–Kier alpha value is -1.79. The Balaban J connectivity index is 2.13. The van der Waals surface area contributed by atoms with E-state index in [4.69, 9.17) is 22.2 Å². The molecule has 3 rings (SSSR count). The Kier molecular flexibility index (Phi) is 4.69. The normalized spacial score (nSPS) is 19.3. The van der Waals surface area contributed by atoms with Crippen LogP contribution < -0.4 is 10.4 Å². The van der Waals surface area contributed by atoms with Crippen LogP contribution in [0, 0.1) is 13.8 Å². The van der Waals surface area contributed by atoms with Crippen molar-refractivity contribution in [3.63, 3.8) is 0 Å². The molecule has 1 aromatic carbocycles. The molecule has 1 aromatic heterocycles. The van der Waals surface area contributed by atoms with Crippen molar-refractivity contribution in [2.24, 2.45) is 10.8 Å². The number of aliphatic imine (C=N–C) groups is 1. The number of nitrogens with zero attached hydrogens (tertiary/aromatic N) is 3. The average molecular weight is 346 g/mol. The third-order valence-corrected chi connectivity index (χ3v) is 4.66. The zero-order chi connectivity index (χ0) is 17.3. The highest BCUT2D eigenvalue weighted by Gasteiger charge is 2.45. The van der Waals surface area contributed by atoms with Crippen LogP contribution >= 0.6 is 11.6 Å². The van der Waals surface area contributed by atoms with Gasteiger partial charge in [-0.25, -0.2) is 4.98 Å². The summed E-state index contributed by atoms with van der Waals surface area (Å²) in [6.07, 6.45) is 0. The summed E-state index contributed by atoms with van der Waals surface area (Å²) in [4.78, 5) is 9.07. The highest BCUT2D eigenvalue weighted by Crippen LogP contribution is 2.46. The van der Waals surface area contributed by atoms with Gasteiger partial charge in [0, 0.05) is 23.4 Å². The first-order valence-corrected chi connectivity index (χ1v) is 8.39. The first kappa shape index (κ1) is 17.0. The van der Waals surface area contributed by atoms with Gasteiger partial charge in [-0.3, -0.25) is 0 Å². The van der Waals surface area contributed by atoms with E-state index in [0.717, 1.165) is 28.3 Å². The van der Waals surface area contributed by atoms with E-state index >= 15 is 0 Å². The van der Waals surface area contributed by atoms with Crippen molar-refractivity contribution in [3.05, 3.63) is 52.3 Å². The molecule has 1 unspecified atom stereocenters. The minimum atomic E-state index is 0.0776. The standard InChI is InChI=1S/C18H22ClN4O/c1-4-24-11-15-22-16-17(12(2)13(3)21-18(16)19)23(15,20)10-14-8-6-5-7-9-14/h5-9H,4,10-11,20H2,1-3H3/q+1. The van der Waals surface area contributed by atoms with Crippen molar-refractivity contribution in [2.45, 2.75) is 27.3 Å². The monoisotopic (exact) mass is 345 g/mol. The lowest BCUT2D eigenvalue weighted by atomic mass is 10.1. The number of nitrogens with two attached hydrogens (primary N) is 1. The Bertz CT molecular complexity index is 791. The van der Waals surface area contributed by atoms with Gasteiger partial charge < -0.3 is 4.74 Å². The summed E-state index contributed by atoms with van der Waals surface area (Å²) < 4.78 is 5.68. The van der Waals surface area contributed by atoms with Gasteiger partial charge in [0.25, 0.3) is 5.84 Å². The third kappa shape index (κ3) is 2.84. The molecule has 0 aliphatic carbocycles. The predicted octanol–water partition coefficient (Wildman–Crippen LogP) is 3.81. The lowest BCUT2D eigenvalue weighted by Crippen LogP contribution is -2.59. The SMILES string of the molecule is CCOCC1=Nc2c(Cl)nc(C)c(C)c2[N+]1(N)Cc1ccccc1. The smallest absolute Gasteiger partial charge is 0.254 e. The molecule has 6 heteroatoms. The predicted molar refractivity (Wildman–Crippen MR) is 98.4 cm³/mol. The quantitative estimate of drug-likeness (QED) is 0.509. The number of quaternary nitrogens is 1. The number of aryl methyl sites for hydroxylation is 1. The van der Waals surface area contributed by atoms with E-state index in [2.05, 4.69) is 22.1 Å². The number of aromatic nitrogens is 1. The highest BCUT2D eigenvalue weighted by atomic mass is 35.5. The fourth-order valence-corrected chi connectivity index (χ4v) is 3.31. The van der Waals surface area contributed by atoms with Crippen LogP contribution in [-0.4, -0.2) is 24.0 Å². The summed E-state index contributed by atoms with van der Waals surface area (Å²) in [6, 6.07) is 10.1. The third-order valence-electron chi connectivity index (χ3n) is 4.39. The summed E-state index contributed by atoms with van der Waals surface area (Å²) >= 11 is 6.35. The number of fused-ring (bicyclic) bond motifs is 1. The van der Waals surface area contributed by atoms with E-state index in [0.29, 0.717) is 30.6 Å². The fourth-order valence-electron chi connectivity index (χ4n) is 3.05. The molecule has 2 heterocycles. The van der Waals surface area contributed by atoms with Crippen molar-refractivity contribution < 1.29 is 4.74 Å². The fraction of sp³-hybridized carbons (Fsp3) is 0.333. The van der Waals surface area contributed by atoms with Crippen molar-refractivity contribution in [1.82, 2.24) is 9.58 Å². The highest BCUT2D eigenvalue weighted by molar-refractivity contribution is 6.33. The molecule has 24 heavy (non-hydrogen) atoms. The van der Waals surface area contributed by atoms with Gasteiger partial charge in [0.1, 0.15) is 13.2 Å². The summed E-state index contributed by atoms with van der Waals surface area (Å²) in [6.45, 7) is 7.46. The van der Waals surface area contributed by atoms with E-state index in [9.17, 15) is 0 Å². The molecule has 0 saturated carbocycles. The van der Waals surface area contributed by atoms with Crippen molar-refractivity contribution in [2.75, 3.05) is 13.2 Å². The van der Waals surface area contributed by atoms with Crippen LogP contribution in [0.25, 0.3) is 0 Å². The van der Waals surface area contributed by atoms with Crippen molar-refractivity contribution in [1.29, 1.82) is 0 Å². The van der Waals surface area contributed by atoms with Crippen LogP contribution in [0.3, 0.4) is 0 Å². The number of hydrogen-bond acceptors (Lipinski definition) is 4. The first-order valence-electron chi connectivity index (χ1n) is 8.01. The molecule has 1 aliphatic heterocycles. The minimum Gasteiger partial charge on any atom is -0.369 e. The van der Waals surface area contributed by atoms with Crippen molar-refractivity contribution >= 4 is 28.8 Å². The van der Waals surface area contributed by atoms with Crippen LogP contribution in [0.2, 0.25) is 5.15 Å². The topological polar surface area (TPSA) is 60.5 Å². The zero-order valence-electron chi connectivity index (χ0n) is 14.2. The van der Waals surface area contributed by atoms with Gasteiger partial charge in [-0.05, 0) is 20.8 Å². The maximum Gasteiger partial charge on any atom is 0.254 e. The molecule has 2 aromatic rings. The first-order chi connectivity index (χ1) is 11.5. The Morgan fingerprint density at radius 3 is 2.58 bits per heavy atom. The molecule has 126 valence electrons. The lowest BCUT2D eigenvalue weighted by molar-refractivity contribution is 0.177. The van der Waals surface area contributed by atoms with Gasteiger partial charge in [0.05, 0.1) is 0 Å². The molecule has 0 amide bonds. The molecule has 0 bridgehead atoms. The molecular weight excluding hydrogens is 324 g/mol. The molecule has 0 spiro atoms. The summed E-state index contributed by atoms with van der Waals surface area (Å²) in [5, 5.41) is 0.389. The van der Waals surface area contributed by atoms with E-state index in [1.165, 1.54) is 0 Å². The summed E-state index contributed by atoms with van der Waals surface area (Å²) in [5.74, 6) is 7.61. The van der Waals surface area contributed by atoms with Crippen LogP contribution in [0.5, 0.6) is 0 Å². The molecule has 0 radical (unpaired) electrons. The van der Waals surface area contributed by atoms with E-state index in [-0.39, 0.29) is 4.59 Å². The van der Waals surface area contributed by atoms with Crippen LogP contribution in [-0.2, 0) is 11.3 Å². The summed E-state index contributed by atoms with van der Waals surface area (Å²) in [5.41, 5.74) is 4.58. The van der Waals surface area contributed by atoms with Crippen LogP contribution in [0.1, 0.15) is 23.7 Å². The van der Waals surface area contributed by atoms with Crippen LogP contribution in [0.4, 0.5) is 11.4 Å². The molecule has 0 fully saturated rings.